The number of benzene rings is 2. The first-order valence-electron chi connectivity index (χ1n) is 8.58. The van der Waals surface area contributed by atoms with Gasteiger partial charge in [-0.2, -0.15) is 5.10 Å². The number of amides is 2. The van der Waals surface area contributed by atoms with Gasteiger partial charge in [0.15, 0.2) is 12.3 Å². The minimum Gasteiger partial charge on any atom is -0.482 e. The Balaban J connectivity index is 1.65. The van der Waals surface area contributed by atoms with Crippen molar-refractivity contribution in [1.29, 1.82) is 0 Å². The van der Waals surface area contributed by atoms with Crippen LogP contribution in [0.1, 0.15) is 16.2 Å². The zero-order chi connectivity index (χ0) is 20.8. The molecule has 9 heteroatoms. The van der Waals surface area contributed by atoms with Gasteiger partial charge in [0.1, 0.15) is 5.75 Å². The molecule has 0 aliphatic rings. The van der Waals surface area contributed by atoms with E-state index in [0.717, 1.165) is 0 Å². The van der Waals surface area contributed by atoms with Gasteiger partial charge in [0, 0.05) is 11.8 Å². The molecule has 0 radical (unpaired) electrons. The van der Waals surface area contributed by atoms with E-state index in [1.165, 1.54) is 10.7 Å². The number of hydrogen-bond donors (Lipinski definition) is 2. The Labute approximate surface area is 171 Å². The number of para-hydroxylation sites is 2. The van der Waals surface area contributed by atoms with Gasteiger partial charge in [0.05, 0.1) is 10.7 Å². The number of hydrogen-bond acceptors (Lipinski definition) is 5. The molecular weight excluding hydrogens is 396 g/mol. The molecule has 1 aromatic heterocycles. The predicted molar refractivity (Wildman–Crippen MR) is 107 cm³/mol. The van der Waals surface area contributed by atoms with Crippen LogP contribution in [-0.2, 0) is 4.79 Å². The van der Waals surface area contributed by atoms with E-state index in [1.807, 2.05) is 18.2 Å². The molecule has 8 nitrogen and oxygen atoms in total. The fourth-order valence-corrected chi connectivity index (χ4v) is 2.65. The lowest BCUT2D eigenvalue weighted by molar-refractivity contribution is -0.123. The lowest BCUT2D eigenvalue weighted by Gasteiger charge is -2.12. The highest BCUT2D eigenvalue weighted by Gasteiger charge is 2.16. The number of nitrogens with zero attached hydrogens (tertiary/aromatic N) is 2. The summed E-state index contributed by atoms with van der Waals surface area (Å²) in [5.41, 5.74) is 4.68. The van der Waals surface area contributed by atoms with Gasteiger partial charge < -0.3 is 4.74 Å². The highest BCUT2D eigenvalue weighted by molar-refractivity contribution is 6.32. The predicted octanol–water partition coefficient (Wildman–Crippen LogP) is 2.03. The van der Waals surface area contributed by atoms with Crippen molar-refractivity contribution >= 4 is 23.4 Å². The Kier molecular flexibility index (Phi) is 6.25. The number of hydrazine groups is 1. The number of rotatable bonds is 5. The van der Waals surface area contributed by atoms with Gasteiger partial charge in [0.2, 0.25) is 5.43 Å². The van der Waals surface area contributed by atoms with Crippen molar-refractivity contribution in [3.63, 3.8) is 0 Å². The number of ether oxygens (including phenoxy) is 1. The third-order valence-corrected chi connectivity index (χ3v) is 4.15. The fourth-order valence-electron chi connectivity index (χ4n) is 2.46. The SMILES string of the molecule is Cc1cc(=O)c(C(=O)NNC(=O)COc2ccccc2Cl)nn1-c1ccccc1. The second-order valence-corrected chi connectivity index (χ2v) is 6.37. The summed E-state index contributed by atoms with van der Waals surface area (Å²) in [6, 6.07) is 17.0. The Hall–Kier alpha value is -3.65. The molecule has 0 fully saturated rings. The average Bonchev–Trinajstić information content (AvgIpc) is 2.72. The highest BCUT2D eigenvalue weighted by Crippen LogP contribution is 2.22. The third-order valence-electron chi connectivity index (χ3n) is 3.83. The fraction of sp³-hybridized carbons (Fsp3) is 0.100. The van der Waals surface area contributed by atoms with E-state index in [0.29, 0.717) is 22.2 Å². The van der Waals surface area contributed by atoms with E-state index in [-0.39, 0.29) is 12.3 Å². The van der Waals surface area contributed by atoms with E-state index < -0.39 is 17.2 Å². The Morgan fingerprint density at radius 3 is 2.48 bits per heavy atom. The summed E-state index contributed by atoms with van der Waals surface area (Å²) in [4.78, 5) is 36.4. The van der Waals surface area contributed by atoms with Crippen molar-refractivity contribution < 1.29 is 14.3 Å². The quantitative estimate of drug-likeness (QED) is 0.624. The molecule has 0 saturated heterocycles. The van der Waals surface area contributed by atoms with Crippen molar-refractivity contribution in [1.82, 2.24) is 20.6 Å². The summed E-state index contributed by atoms with van der Waals surface area (Å²) in [5.74, 6) is -1.14. The number of nitrogens with one attached hydrogen (secondary N) is 2. The standard InChI is InChI=1S/C20H17ClN4O4/c1-13-11-16(26)19(24-25(13)14-7-3-2-4-8-14)20(28)23-22-18(27)12-29-17-10-6-5-9-15(17)21/h2-11H,12H2,1H3,(H,22,27)(H,23,28). The molecule has 1 heterocycles. The molecule has 0 bridgehead atoms. The monoisotopic (exact) mass is 412 g/mol. The molecule has 3 aromatic rings. The zero-order valence-corrected chi connectivity index (χ0v) is 16.1. The minimum absolute atomic E-state index is 0.335. The summed E-state index contributed by atoms with van der Waals surface area (Å²) in [6.07, 6.45) is 0. The van der Waals surface area contributed by atoms with Crippen LogP contribution in [0.4, 0.5) is 0 Å². The molecule has 0 saturated carbocycles. The van der Waals surface area contributed by atoms with Crippen LogP contribution in [-0.4, -0.2) is 28.2 Å². The van der Waals surface area contributed by atoms with Gasteiger partial charge in [-0.3, -0.25) is 25.2 Å². The van der Waals surface area contributed by atoms with Gasteiger partial charge in [-0.1, -0.05) is 41.9 Å². The lowest BCUT2D eigenvalue weighted by atomic mass is 10.3. The Morgan fingerprint density at radius 2 is 1.76 bits per heavy atom. The van der Waals surface area contributed by atoms with Crippen molar-refractivity contribution in [3.8, 4) is 11.4 Å². The summed E-state index contributed by atoms with van der Waals surface area (Å²) in [6.45, 7) is 1.33. The van der Waals surface area contributed by atoms with Crippen molar-refractivity contribution in [2.45, 2.75) is 6.92 Å². The second kappa shape index (κ2) is 9.03. The first-order valence-corrected chi connectivity index (χ1v) is 8.96. The molecule has 0 unspecified atom stereocenters. The molecule has 148 valence electrons. The van der Waals surface area contributed by atoms with E-state index in [4.69, 9.17) is 16.3 Å². The number of aryl methyl sites for hydroxylation is 1. The molecule has 2 amide bonds. The van der Waals surface area contributed by atoms with E-state index >= 15 is 0 Å². The van der Waals surface area contributed by atoms with Crippen LogP contribution in [0.2, 0.25) is 5.02 Å². The molecule has 29 heavy (non-hydrogen) atoms. The molecule has 2 aromatic carbocycles. The van der Waals surface area contributed by atoms with Crippen molar-refractivity contribution in [3.05, 3.63) is 87.3 Å². The first-order chi connectivity index (χ1) is 14.0. The highest BCUT2D eigenvalue weighted by atomic mass is 35.5. The smallest absolute Gasteiger partial charge is 0.294 e. The zero-order valence-electron chi connectivity index (χ0n) is 15.4. The Morgan fingerprint density at radius 1 is 1.07 bits per heavy atom. The largest absolute Gasteiger partial charge is 0.482 e. The maximum atomic E-state index is 12.3. The number of carbonyl (C=O) groups is 2. The van der Waals surface area contributed by atoms with Crippen LogP contribution in [0, 0.1) is 6.92 Å². The van der Waals surface area contributed by atoms with Gasteiger partial charge >= 0.3 is 0 Å². The number of carbonyl (C=O) groups excluding carboxylic acids is 2. The maximum absolute atomic E-state index is 12.3. The van der Waals surface area contributed by atoms with Crippen LogP contribution in [0.3, 0.4) is 0 Å². The molecule has 0 spiro atoms. The minimum atomic E-state index is -0.842. The average molecular weight is 413 g/mol. The van der Waals surface area contributed by atoms with Gasteiger partial charge in [-0.25, -0.2) is 4.68 Å². The van der Waals surface area contributed by atoms with Crippen LogP contribution in [0.5, 0.6) is 5.75 Å². The lowest BCUT2D eigenvalue weighted by Crippen LogP contribution is -2.45. The molecule has 3 rings (SSSR count). The number of halogens is 1. The molecule has 0 aliphatic heterocycles. The van der Waals surface area contributed by atoms with Crippen LogP contribution in [0.15, 0.2) is 65.5 Å². The summed E-state index contributed by atoms with van der Waals surface area (Å²) < 4.78 is 6.75. The van der Waals surface area contributed by atoms with Crippen LogP contribution in [0.25, 0.3) is 5.69 Å². The van der Waals surface area contributed by atoms with E-state index in [9.17, 15) is 14.4 Å². The molecule has 0 atom stereocenters. The summed E-state index contributed by atoms with van der Waals surface area (Å²) in [7, 11) is 0. The summed E-state index contributed by atoms with van der Waals surface area (Å²) >= 11 is 5.94. The van der Waals surface area contributed by atoms with E-state index in [2.05, 4.69) is 16.0 Å². The molecular formula is C20H17ClN4O4. The van der Waals surface area contributed by atoms with Gasteiger partial charge in [0.25, 0.3) is 11.8 Å². The van der Waals surface area contributed by atoms with E-state index in [1.54, 1.807) is 43.3 Å². The normalized spacial score (nSPS) is 10.3. The summed E-state index contributed by atoms with van der Waals surface area (Å²) in [5, 5.41) is 4.47. The van der Waals surface area contributed by atoms with Gasteiger partial charge in [-0.05, 0) is 31.2 Å². The van der Waals surface area contributed by atoms with Crippen molar-refractivity contribution in [2.75, 3.05) is 6.61 Å². The second-order valence-electron chi connectivity index (χ2n) is 5.97. The maximum Gasteiger partial charge on any atom is 0.294 e. The van der Waals surface area contributed by atoms with Crippen molar-refractivity contribution in [2.24, 2.45) is 0 Å². The third kappa shape index (κ3) is 4.99. The first kappa shape index (κ1) is 20.1. The van der Waals surface area contributed by atoms with Crippen LogP contribution < -0.4 is 21.0 Å². The Bertz CT molecular complexity index is 1100. The van der Waals surface area contributed by atoms with Crippen LogP contribution >= 0.6 is 11.6 Å². The molecule has 0 aliphatic carbocycles. The number of aromatic nitrogens is 2. The topological polar surface area (TPSA) is 102 Å². The molecule has 2 N–H and O–H groups in total. The van der Waals surface area contributed by atoms with Gasteiger partial charge in [-0.15, -0.1) is 0 Å².